The zero-order valence-electron chi connectivity index (χ0n) is 17.5. The van der Waals surface area contributed by atoms with Gasteiger partial charge in [0.15, 0.2) is 0 Å². The standard InChI is InChI=1S/C23H31N5O/c1-26(2)14-23-15-27(12-20(23)13-28(16-23)22(29)18-8-9-18)11-19-10-24-25-21(19)17-6-4-3-5-7-17/h3-7,10,18,20H,8-9,11-16H2,1-2H3,(H,24,25)/t20-,23+/m0/s1. The van der Waals surface area contributed by atoms with Gasteiger partial charge in [0.1, 0.15) is 0 Å². The fourth-order valence-corrected chi connectivity index (χ4v) is 5.55. The van der Waals surface area contributed by atoms with Crippen LogP contribution in [-0.2, 0) is 11.3 Å². The van der Waals surface area contributed by atoms with E-state index in [1.54, 1.807) is 0 Å². The zero-order valence-corrected chi connectivity index (χ0v) is 17.5. The molecule has 29 heavy (non-hydrogen) atoms. The van der Waals surface area contributed by atoms with Gasteiger partial charge in [-0.2, -0.15) is 5.10 Å². The van der Waals surface area contributed by atoms with E-state index in [4.69, 9.17) is 0 Å². The molecule has 1 saturated carbocycles. The van der Waals surface area contributed by atoms with Crippen LogP contribution in [0.2, 0.25) is 0 Å². The number of aromatic amines is 1. The Labute approximate surface area is 172 Å². The first-order chi connectivity index (χ1) is 14.0. The lowest BCUT2D eigenvalue weighted by atomic mass is 9.80. The molecule has 0 unspecified atom stereocenters. The average molecular weight is 394 g/mol. The van der Waals surface area contributed by atoms with Gasteiger partial charge in [0, 0.05) is 56.2 Å². The predicted molar refractivity (Wildman–Crippen MR) is 113 cm³/mol. The highest BCUT2D eigenvalue weighted by Gasteiger charge is 2.54. The Balaban J connectivity index is 1.32. The van der Waals surface area contributed by atoms with E-state index >= 15 is 0 Å². The second kappa shape index (κ2) is 7.26. The van der Waals surface area contributed by atoms with Crippen molar-refractivity contribution in [3.63, 3.8) is 0 Å². The van der Waals surface area contributed by atoms with Crippen LogP contribution in [0.5, 0.6) is 0 Å². The van der Waals surface area contributed by atoms with E-state index in [0.717, 1.165) is 57.8 Å². The van der Waals surface area contributed by atoms with Crippen molar-refractivity contribution >= 4 is 5.91 Å². The minimum Gasteiger partial charge on any atom is -0.341 e. The van der Waals surface area contributed by atoms with Crippen LogP contribution in [0.1, 0.15) is 18.4 Å². The molecule has 154 valence electrons. The van der Waals surface area contributed by atoms with E-state index < -0.39 is 0 Å². The number of carbonyl (C=O) groups is 1. The molecule has 1 amide bonds. The summed E-state index contributed by atoms with van der Waals surface area (Å²) in [4.78, 5) is 19.7. The molecule has 2 aliphatic heterocycles. The van der Waals surface area contributed by atoms with Gasteiger partial charge in [-0.25, -0.2) is 0 Å². The smallest absolute Gasteiger partial charge is 0.225 e. The van der Waals surface area contributed by atoms with Crippen LogP contribution in [0.15, 0.2) is 36.5 Å². The minimum atomic E-state index is 0.185. The third kappa shape index (κ3) is 3.60. The number of amides is 1. The summed E-state index contributed by atoms with van der Waals surface area (Å²) in [5.41, 5.74) is 3.74. The van der Waals surface area contributed by atoms with Gasteiger partial charge in [-0.15, -0.1) is 0 Å². The van der Waals surface area contributed by atoms with Crippen LogP contribution in [0, 0.1) is 17.3 Å². The first kappa shape index (κ1) is 18.8. The number of carbonyl (C=O) groups excluding carboxylic acids is 1. The van der Waals surface area contributed by atoms with Crippen LogP contribution < -0.4 is 0 Å². The highest BCUT2D eigenvalue weighted by molar-refractivity contribution is 5.81. The van der Waals surface area contributed by atoms with Gasteiger partial charge in [-0.3, -0.25) is 14.8 Å². The lowest BCUT2D eigenvalue weighted by Crippen LogP contribution is -2.43. The van der Waals surface area contributed by atoms with E-state index in [-0.39, 0.29) is 5.41 Å². The lowest BCUT2D eigenvalue weighted by molar-refractivity contribution is -0.132. The van der Waals surface area contributed by atoms with Gasteiger partial charge in [0.05, 0.1) is 11.9 Å². The van der Waals surface area contributed by atoms with Crippen molar-refractivity contribution in [1.82, 2.24) is 24.9 Å². The number of nitrogens with zero attached hydrogens (tertiary/aromatic N) is 4. The molecule has 2 aromatic rings. The molecule has 3 heterocycles. The lowest BCUT2D eigenvalue weighted by Gasteiger charge is -2.32. The molecule has 1 aromatic carbocycles. The normalized spacial score (nSPS) is 27.0. The quantitative estimate of drug-likeness (QED) is 0.818. The van der Waals surface area contributed by atoms with Crippen molar-refractivity contribution in [3.05, 3.63) is 42.1 Å². The maximum absolute atomic E-state index is 12.7. The molecule has 0 spiro atoms. The van der Waals surface area contributed by atoms with Crippen LogP contribution in [-0.4, -0.2) is 77.6 Å². The van der Waals surface area contributed by atoms with Gasteiger partial charge in [0.2, 0.25) is 5.91 Å². The fraction of sp³-hybridized carbons (Fsp3) is 0.565. The first-order valence-corrected chi connectivity index (χ1v) is 10.8. The topological polar surface area (TPSA) is 55.5 Å². The van der Waals surface area contributed by atoms with Crippen molar-refractivity contribution in [3.8, 4) is 11.3 Å². The van der Waals surface area contributed by atoms with Crippen molar-refractivity contribution in [2.45, 2.75) is 19.4 Å². The number of rotatable bonds is 6. The number of benzene rings is 1. The molecule has 1 aromatic heterocycles. The number of hydrogen-bond donors (Lipinski definition) is 1. The van der Waals surface area contributed by atoms with Gasteiger partial charge in [-0.05, 0) is 38.4 Å². The Kier molecular flexibility index (Phi) is 4.71. The van der Waals surface area contributed by atoms with Gasteiger partial charge >= 0.3 is 0 Å². The molecule has 0 radical (unpaired) electrons. The van der Waals surface area contributed by atoms with Crippen LogP contribution in [0.3, 0.4) is 0 Å². The summed E-state index contributed by atoms with van der Waals surface area (Å²) in [6.07, 6.45) is 4.16. The molecule has 0 bridgehead atoms. The summed E-state index contributed by atoms with van der Waals surface area (Å²) in [6.45, 7) is 5.89. The monoisotopic (exact) mass is 393 g/mol. The zero-order chi connectivity index (χ0) is 20.0. The van der Waals surface area contributed by atoms with Crippen molar-refractivity contribution < 1.29 is 4.79 Å². The molecule has 5 rings (SSSR count). The van der Waals surface area contributed by atoms with Crippen LogP contribution in [0.4, 0.5) is 0 Å². The van der Waals surface area contributed by atoms with Gasteiger partial charge < -0.3 is 9.80 Å². The Bertz CT molecular complexity index is 874. The number of aromatic nitrogens is 2. The van der Waals surface area contributed by atoms with Gasteiger partial charge in [-0.1, -0.05) is 30.3 Å². The van der Waals surface area contributed by atoms with Gasteiger partial charge in [0.25, 0.3) is 0 Å². The van der Waals surface area contributed by atoms with Crippen molar-refractivity contribution in [2.24, 2.45) is 17.3 Å². The summed E-state index contributed by atoms with van der Waals surface area (Å²) in [5.74, 6) is 1.28. The predicted octanol–water partition coefficient (Wildman–Crippen LogP) is 2.31. The Morgan fingerprint density at radius 3 is 2.72 bits per heavy atom. The van der Waals surface area contributed by atoms with E-state index in [1.807, 2.05) is 12.3 Å². The summed E-state index contributed by atoms with van der Waals surface area (Å²) in [6, 6.07) is 10.4. The van der Waals surface area contributed by atoms with E-state index in [0.29, 0.717) is 17.7 Å². The summed E-state index contributed by atoms with van der Waals surface area (Å²) < 4.78 is 0. The maximum Gasteiger partial charge on any atom is 0.225 e. The fourth-order valence-electron chi connectivity index (χ4n) is 5.55. The molecular weight excluding hydrogens is 362 g/mol. The molecular formula is C23H31N5O. The largest absolute Gasteiger partial charge is 0.341 e. The van der Waals surface area contributed by atoms with E-state index in [1.165, 1.54) is 11.1 Å². The molecule has 3 fully saturated rings. The molecule has 6 heteroatoms. The third-order valence-electron chi connectivity index (χ3n) is 6.87. The summed E-state index contributed by atoms with van der Waals surface area (Å²) in [7, 11) is 4.31. The van der Waals surface area contributed by atoms with E-state index in [2.05, 4.69) is 63.3 Å². The second-order valence-electron chi connectivity index (χ2n) is 9.60. The van der Waals surface area contributed by atoms with Crippen LogP contribution in [0.25, 0.3) is 11.3 Å². The van der Waals surface area contributed by atoms with Crippen LogP contribution >= 0.6 is 0 Å². The van der Waals surface area contributed by atoms with E-state index in [9.17, 15) is 4.79 Å². The minimum absolute atomic E-state index is 0.185. The second-order valence-corrected chi connectivity index (χ2v) is 9.60. The summed E-state index contributed by atoms with van der Waals surface area (Å²) >= 11 is 0. The third-order valence-corrected chi connectivity index (χ3v) is 6.87. The number of H-pyrrole nitrogens is 1. The number of nitrogens with one attached hydrogen (secondary N) is 1. The molecule has 2 saturated heterocycles. The highest BCUT2D eigenvalue weighted by atomic mass is 16.2. The molecule has 2 atom stereocenters. The SMILES string of the molecule is CN(C)C[C@]12CN(Cc3cn[nH]c3-c3ccccc3)C[C@H]1CN(C(=O)C1CC1)C2. The Morgan fingerprint density at radius 2 is 2.00 bits per heavy atom. The number of likely N-dealkylation sites (tertiary alicyclic amines) is 2. The number of hydrogen-bond acceptors (Lipinski definition) is 4. The Morgan fingerprint density at radius 1 is 1.21 bits per heavy atom. The van der Waals surface area contributed by atoms with Crippen molar-refractivity contribution in [2.75, 3.05) is 46.8 Å². The highest BCUT2D eigenvalue weighted by Crippen LogP contribution is 2.45. The van der Waals surface area contributed by atoms with Crippen molar-refractivity contribution in [1.29, 1.82) is 0 Å². The molecule has 6 nitrogen and oxygen atoms in total. The summed E-state index contributed by atoms with van der Waals surface area (Å²) in [5, 5.41) is 7.52. The maximum atomic E-state index is 12.7. The molecule has 1 N–H and O–H groups in total. The Hall–Kier alpha value is -2.18. The number of fused-ring (bicyclic) bond motifs is 1. The molecule has 1 aliphatic carbocycles. The first-order valence-electron chi connectivity index (χ1n) is 10.8. The average Bonchev–Trinajstić information content (AvgIpc) is 3.23. The molecule has 3 aliphatic rings.